The van der Waals surface area contributed by atoms with Crippen LogP contribution in [0.4, 0.5) is 0 Å². The van der Waals surface area contributed by atoms with Gasteiger partial charge in [-0.25, -0.2) is 0 Å². The highest BCUT2D eigenvalue weighted by atomic mass is 16.4. The highest BCUT2D eigenvalue weighted by Gasteiger charge is 2.23. The maximum atomic E-state index is 12.0. The second kappa shape index (κ2) is 7.95. The summed E-state index contributed by atoms with van der Waals surface area (Å²) >= 11 is 0. The Balaban J connectivity index is 1.93. The lowest BCUT2D eigenvalue weighted by Crippen LogP contribution is -2.16. The summed E-state index contributed by atoms with van der Waals surface area (Å²) in [6.45, 7) is 0. The predicted octanol–water partition coefficient (Wildman–Crippen LogP) is 3.69. The van der Waals surface area contributed by atoms with Crippen molar-refractivity contribution in [3.8, 4) is 0 Å². The number of ketones is 1. The number of hydrogen-bond donors (Lipinski definition) is 1. The number of carboxylic acid groups (broad SMARTS) is 1. The van der Waals surface area contributed by atoms with Crippen molar-refractivity contribution in [2.45, 2.75) is 38.0 Å². The van der Waals surface area contributed by atoms with Gasteiger partial charge in [0, 0.05) is 38.4 Å². The molecule has 1 saturated carbocycles. The molecule has 0 unspecified atom stereocenters. The minimum atomic E-state index is -0.693. The van der Waals surface area contributed by atoms with E-state index in [4.69, 9.17) is 5.11 Å². The van der Waals surface area contributed by atoms with E-state index in [1.807, 2.05) is 43.3 Å². The van der Waals surface area contributed by atoms with Crippen molar-refractivity contribution in [1.82, 2.24) is 4.90 Å². The van der Waals surface area contributed by atoms with Crippen molar-refractivity contribution in [2.24, 2.45) is 5.92 Å². The lowest BCUT2D eigenvalue weighted by Gasteiger charge is -2.28. The Morgan fingerprint density at radius 3 is 2.26 bits per heavy atom. The molecule has 0 saturated heterocycles. The second-order valence-corrected chi connectivity index (χ2v) is 6.58. The van der Waals surface area contributed by atoms with Crippen molar-refractivity contribution in [1.29, 1.82) is 0 Å². The van der Waals surface area contributed by atoms with E-state index in [1.54, 1.807) is 12.3 Å². The molecule has 0 bridgehead atoms. The van der Waals surface area contributed by atoms with Gasteiger partial charge in [-0.3, -0.25) is 9.59 Å². The van der Waals surface area contributed by atoms with Crippen LogP contribution in [0, 0.1) is 5.92 Å². The first-order valence-electron chi connectivity index (χ1n) is 8.16. The summed E-state index contributed by atoms with van der Waals surface area (Å²) in [6, 6.07) is 7.86. The molecule has 0 heterocycles. The van der Waals surface area contributed by atoms with E-state index in [0.717, 1.165) is 25.7 Å². The average Bonchev–Trinajstić information content (AvgIpc) is 2.53. The van der Waals surface area contributed by atoms with Crippen molar-refractivity contribution >= 4 is 11.8 Å². The molecule has 0 aliphatic heterocycles. The Labute approximate surface area is 137 Å². The fourth-order valence-electron chi connectivity index (χ4n) is 3.18. The van der Waals surface area contributed by atoms with Gasteiger partial charge < -0.3 is 10.0 Å². The van der Waals surface area contributed by atoms with Crippen molar-refractivity contribution in [3.05, 3.63) is 47.7 Å². The van der Waals surface area contributed by atoms with Crippen LogP contribution in [0.2, 0.25) is 0 Å². The number of allylic oxidation sites excluding steroid dienone is 1. The van der Waals surface area contributed by atoms with E-state index >= 15 is 0 Å². The molecule has 1 N–H and O–H groups in total. The van der Waals surface area contributed by atoms with Gasteiger partial charge in [0.05, 0.1) is 0 Å². The zero-order valence-corrected chi connectivity index (χ0v) is 13.9. The number of rotatable bonds is 6. The van der Waals surface area contributed by atoms with Gasteiger partial charge in [0.2, 0.25) is 0 Å². The zero-order valence-electron chi connectivity index (χ0n) is 13.9. The summed E-state index contributed by atoms with van der Waals surface area (Å²) < 4.78 is 0. The molecule has 124 valence electrons. The van der Waals surface area contributed by atoms with E-state index in [0.29, 0.717) is 23.8 Å². The van der Waals surface area contributed by atoms with Gasteiger partial charge >= 0.3 is 5.97 Å². The van der Waals surface area contributed by atoms with Crippen LogP contribution in [-0.4, -0.2) is 35.9 Å². The van der Waals surface area contributed by atoms with Gasteiger partial charge in [0.1, 0.15) is 0 Å². The Hall–Kier alpha value is -2.10. The third-order valence-corrected chi connectivity index (χ3v) is 4.50. The molecule has 0 aromatic heterocycles. The Bertz CT molecular complexity index is 567. The fraction of sp³-hybridized carbons (Fsp3) is 0.474. The largest absolute Gasteiger partial charge is 0.481 e. The number of carbonyl (C=O) groups excluding carboxylic acids is 1. The Morgan fingerprint density at radius 2 is 1.74 bits per heavy atom. The standard InChI is InChI=1S/C19H25NO3/c1-20(2)12-11-18(21)17-9-7-16(8-10-17)15-5-3-14(4-6-15)13-19(22)23/h7-12,14-15H,3-6,13H2,1-2H3,(H,22,23)/b12-11+. The van der Waals surface area contributed by atoms with Gasteiger partial charge in [-0.05, 0) is 43.1 Å². The van der Waals surface area contributed by atoms with Gasteiger partial charge in [0.15, 0.2) is 5.78 Å². The average molecular weight is 315 g/mol. The van der Waals surface area contributed by atoms with Crippen LogP contribution in [0.1, 0.15) is 53.9 Å². The fourth-order valence-corrected chi connectivity index (χ4v) is 3.18. The molecule has 0 radical (unpaired) electrons. The van der Waals surface area contributed by atoms with Gasteiger partial charge in [-0.1, -0.05) is 24.3 Å². The number of hydrogen-bond acceptors (Lipinski definition) is 3. The molecule has 1 fully saturated rings. The number of carbonyl (C=O) groups is 2. The number of aliphatic carboxylic acids is 1. The van der Waals surface area contributed by atoms with E-state index in [9.17, 15) is 9.59 Å². The lowest BCUT2D eigenvalue weighted by atomic mass is 9.77. The molecule has 0 spiro atoms. The third-order valence-electron chi connectivity index (χ3n) is 4.50. The molecular weight excluding hydrogens is 290 g/mol. The topological polar surface area (TPSA) is 57.6 Å². The summed E-state index contributed by atoms with van der Waals surface area (Å²) in [7, 11) is 3.77. The third kappa shape index (κ3) is 5.23. The molecule has 4 heteroatoms. The van der Waals surface area contributed by atoms with Crippen molar-refractivity contribution in [3.63, 3.8) is 0 Å². The van der Waals surface area contributed by atoms with Gasteiger partial charge in [0.25, 0.3) is 0 Å². The second-order valence-electron chi connectivity index (χ2n) is 6.58. The lowest BCUT2D eigenvalue weighted by molar-refractivity contribution is -0.138. The summed E-state index contributed by atoms with van der Waals surface area (Å²) in [5, 5.41) is 8.87. The Kier molecular flexibility index (Phi) is 5.97. The molecule has 0 atom stereocenters. The highest BCUT2D eigenvalue weighted by molar-refractivity contribution is 6.04. The summed E-state index contributed by atoms with van der Waals surface area (Å²) in [6.07, 6.45) is 7.63. The van der Waals surface area contributed by atoms with Crippen LogP contribution in [0.5, 0.6) is 0 Å². The quantitative estimate of drug-likeness (QED) is 0.642. The summed E-state index contributed by atoms with van der Waals surface area (Å²) in [5.74, 6) is 0.125. The monoisotopic (exact) mass is 315 g/mol. The molecule has 1 aromatic rings. The van der Waals surface area contributed by atoms with Gasteiger partial charge in [-0.15, -0.1) is 0 Å². The molecule has 23 heavy (non-hydrogen) atoms. The van der Waals surface area contributed by atoms with Crippen molar-refractivity contribution in [2.75, 3.05) is 14.1 Å². The molecule has 2 rings (SSSR count). The van der Waals surface area contributed by atoms with Crippen LogP contribution in [0.15, 0.2) is 36.5 Å². The number of nitrogens with zero attached hydrogens (tertiary/aromatic N) is 1. The van der Waals surface area contributed by atoms with Crippen LogP contribution in [0.3, 0.4) is 0 Å². The summed E-state index contributed by atoms with van der Waals surface area (Å²) in [4.78, 5) is 24.6. The van der Waals surface area contributed by atoms with Crippen LogP contribution >= 0.6 is 0 Å². The SMILES string of the molecule is CN(C)/C=C/C(=O)c1ccc(C2CCC(CC(=O)O)CC2)cc1. The molecule has 1 aliphatic rings. The van der Waals surface area contributed by atoms with E-state index < -0.39 is 5.97 Å². The Morgan fingerprint density at radius 1 is 1.13 bits per heavy atom. The predicted molar refractivity (Wildman–Crippen MR) is 90.6 cm³/mol. The van der Waals surface area contributed by atoms with Crippen LogP contribution < -0.4 is 0 Å². The molecular formula is C19H25NO3. The smallest absolute Gasteiger partial charge is 0.303 e. The van der Waals surface area contributed by atoms with E-state index in [2.05, 4.69) is 0 Å². The first-order valence-corrected chi connectivity index (χ1v) is 8.16. The molecule has 0 amide bonds. The van der Waals surface area contributed by atoms with E-state index in [-0.39, 0.29) is 5.78 Å². The molecule has 4 nitrogen and oxygen atoms in total. The van der Waals surface area contributed by atoms with Crippen LogP contribution in [-0.2, 0) is 4.79 Å². The van der Waals surface area contributed by atoms with E-state index in [1.165, 1.54) is 5.56 Å². The minimum Gasteiger partial charge on any atom is -0.481 e. The van der Waals surface area contributed by atoms with Crippen molar-refractivity contribution < 1.29 is 14.7 Å². The maximum Gasteiger partial charge on any atom is 0.303 e. The molecule has 1 aromatic carbocycles. The maximum absolute atomic E-state index is 12.0. The zero-order chi connectivity index (χ0) is 16.8. The first kappa shape index (κ1) is 17.3. The summed E-state index contributed by atoms with van der Waals surface area (Å²) in [5.41, 5.74) is 1.96. The normalized spacial score (nSPS) is 21.3. The minimum absolute atomic E-state index is 0.00964. The van der Waals surface area contributed by atoms with Crippen LogP contribution in [0.25, 0.3) is 0 Å². The number of benzene rings is 1. The highest BCUT2D eigenvalue weighted by Crippen LogP contribution is 2.37. The molecule has 1 aliphatic carbocycles. The van der Waals surface area contributed by atoms with Gasteiger partial charge in [-0.2, -0.15) is 0 Å². The first-order chi connectivity index (χ1) is 11.0. The number of carboxylic acids is 1.